The first-order valence-electron chi connectivity index (χ1n) is 18.9. The molecule has 4 amide bonds. The van der Waals surface area contributed by atoms with Crippen molar-refractivity contribution in [1.82, 2.24) is 20.9 Å². The molecule has 2 saturated heterocycles. The van der Waals surface area contributed by atoms with Crippen molar-refractivity contribution in [2.45, 2.75) is 96.4 Å². The molecule has 0 aliphatic carbocycles. The van der Waals surface area contributed by atoms with Gasteiger partial charge >= 0.3 is 24.1 Å². The lowest BCUT2D eigenvalue weighted by Gasteiger charge is -2.39. The Kier molecular flexibility index (Phi) is 14.8. The van der Waals surface area contributed by atoms with Gasteiger partial charge in [-0.1, -0.05) is 91.0 Å². The quantitative estimate of drug-likeness (QED) is 0.0705. The van der Waals surface area contributed by atoms with E-state index in [2.05, 4.69) is 20.9 Å². The maximum Gasteiger partial charge on any atom is 0.414 e. The standard InChI is InChI=1S/C42H49N5O10/c1-42(2,3)57-38(51)34-23-31(33-20-19-32(37(50)47(33)34)44-35(48)24-36(49)54-25-28-13-7-4-8-14-28)21-22-43-39(45-40(52)55-26-29-15-9-5-10-16-29)46-41(53)56-27-30-17-11-6-12-18-30/h4-18,31-34H,19-27H2,1-3H3,(H,44,48)(H2,43,45,46,52,53)/t31-,32-,33+,34-/m0/s1. The van der Waals surface area contributed by atoms with Crippen LogP contribution in [0.3, 0.4) is 0 Å². The zero-order valence-electron chi connectivity index (χ0n) is 32.3. The number of hydrogen-bond donors (Lipinski definition) is 3. The second kappa shape index (κ2) is 20.1. The van der Waals surface area contributed by atoms with Gasteiger partial charge in [-0.25, -0.2) is 14.4 Å². The second-order valence-corrected chi connectivity index (χ2v) is 14.8. The lowest BCUT2D eigenvalue weighted by atomic mass is 9.89. The Bertz CT molecular complexity index is 1830. The molecule has 0 saturated carbocycles. The molecule has 3 aromatic rings. The molecule has 57 heavy (non-hydrogen) atoms. The van der Waals surface area contributed by atoms with E-state index in [9.17, 15) is 28.8 Å². The molecule has 2 heterocycles. The van der Waals surface area contributed by atoms with Gasteiger partial charge in [-0.15, -0.1) is 0 Å². The van der Waals surface area contributed by atoms with Crippen LogP contribution in [0, 0.1) is 5.92 Å². The highest BCUT2D eigenvalue weighted by atomic mass is 16.6. The summed E-state index contributed by atoms with van der Waals surface area (Å²) in [5.74, 6) is -2.85. The average molecular weight is 784 g/mol. The highest BCUT2D eigenvalue weighted by Crippen LogP contribution is 2.39. The highest BCUT2D eigenvalue weighted by Gasteiger charge is 2.51. The van der Waals surface area contributed by atoms with Crippen LogP contribution < -0.4 is 16.0 Å². The summed E-state index contributed by atoms with van der Waals surface area (Å²) in [6.07, 6.45) is -0.920. The summed E-state index contributed by atoms with van der Waals surface area (Å²) in [6, 6.07) is 24.9. The first-order valence-corrected chi connectivity index (χ1v) is 18.9. The Labute approximate surface area is 331 Å². The minimum atomic E-state index is -0.957. The first-order chi connectivity index (χ1) is 27.3. The number of fused-ring (bicyclic) bond motifs is 1. The predicted octanol–water partition coefficient (Wildman–Crippen LogP) is 4.92. The smallest absolute Gasteiger partial charge is 0.414 e. The number of nitrogens with one attached hydrogen (secondary N) is 3. The third-order valence-corrected chi connectivity index (χ3v) is 9.26. The molecular weight excluding hydrogens is 734 g/mol. The molecule has 3 aromatic carbocycles. The van der Waals surface area contributed by atoms with Crippen LogP contribution in [-0.4, -0.2) is 77.1 Å². The van der Waals surface area contributed by atoms with Crippen LogP contribution in [0.15, 0.2) is 96.0 Å². The number of carbonyl (C=O) groups is 6. The van der Waals surface area contributed by atoms with Crippen molar-refractivity contribution in [1.29, 1.82) is 0 Å². The monoisotopic (exact) mass is 783 g/mol. The van der Waals surface area contributed by atoms with E-state index in [1.807, 2.05) is 54.6 Å². The van der Waals surface area contributed by atoms with Crippen molar-refractivity contribution in [3.8, 4) is 0 Å². The van der Waals surface area contributed by atoms with Gasteiger partial charge in [0.25, 0.3) is 0 Å². The molecule has 3 N–H and O–H groups in total. The number of amides is 4. The van der Waals surface area contributed by atoms with E-state index in [1.54, 1.807) is 57.2 Å². The van der Waals surface area contributed by atoms with E-state index in [0.29, 0.717) is 12.8 Å². The molecule has 15 heteroatoms. The third-order valence-electron chi connectivity index (χ3n) is 9.26. The number of esters is 2. The molecule has 0 unspecified atom stereocenters. The Hall–Kier alpha value is -6.25. The van der Waals surface area contributed by atoms with Crippen molar-refractivity contribution in [3.05, 3.63) is 108 Å². The number of guanidine groups is 1. The Morgan fingerprint density at radius 2 is 1.25 bits per heavy atom. The Morgan fingerprint density at radius 3 is 1.75 bits per heavy atom. The third kappa shape index (κ3) is 13.2. The SMILES string of the molecule is CC(C)(C)OC(=O)[C@@H]1C[C@H](CCN=C(NC(=O)OCc2ccccc2)NC(=O)OCc2ccccc2)[C@H]2CC[C@H](NC(=O)CC(=O)OCc3ccccc3)C(=O)N21. The predicted molar refractivity (Wildman–Crippen MR) is 207 cm³/mol. The van der Waals surface area contributed by atoms with Crippen molar-refractivity contribution < 1.29 is 47.7 Å². The lowest BCUT2D eigenvalue weighted by Crippen LogP contribution is -2.58. The molecule has 5 rings (SSSR count). The van der Waals surface area contributed by atoms with E-state index in [1.165, 1.54) is 4.90 Å². The lowest BCUT2D eigenvalue weighted by molar-refractivity contribution is -0.165. The number of alkyl carbamates (subject to hydrolysis) is 2. The van der Waals surface area contributed by atoms with Crippen LogP contribution in [0.25, 0.3) is 0 Å². The summed E-state index contributed by atoms with van der Waals surface area (Å²) in [6.45, 7) is 5.27. The second-order valence-electron chi connectivity index (χ2n) is 14.8. The molecule has 2 fully saturated rings. The van der Waals surface area contributed by atoms with Crippen LogP contribution in [0.5, 0.6) is 0 Å². The maximum absolute atomic E-state index is 14.0. The number of carbonyl (C=O) groups excluding carboxylic acids is 6. The summed E-state index contributed by atoms with van der Waals surface area (Å²) in [5, 5.41) is 7.61. The van der Waals surface area contributed by atoms with E-state index in [-0.39, 0.29) is 57.1 Å². The maximum atomic E-state index is 14.0. The molecule has 302 valence electrons. The molecule has 0 spiro atoms. The van der Waals surface area contributed by atoms with Gasteiger partial charge in [0, 0.05) is 12.6 Å². The van der Waals surface area contributed by atoms with E-state index < -0.39 is 60.0 Å². The number of piperidine rings is 1. The number of aliphatic imine (C=N–C) groups is 1. The van der Waals surface area contributed by atoms with Crippen molar-refractivity contribution in [2.24, 2.45) is 10.9 Å². The first kappa shape index (κ1) is 41.9. The molecule has 0 radical (unpaired) electrons. The summed E-state index contributed by atoms with van der Waals surface area (Å²) < 4.78 is 21.6. The van der Waals surface area contributed by atoms with Gasteiger partial charge in [0.1, 0.15) is 43.9 Å². The Balaban J connectivity index is 1.23. The fourth-order valence-corrected chi connectivity index (χ4v) is 6.70. The minimum absolute atomic E-state index is 0.0120. The topological polar surface area (TPSA) is 191 Å². The number of benzene rings is 3. The minimum Gasteiger partial charge on any atom is -0.460 e. The zero-order chi connectivity index (χ0) is 40.8. The molecular formula is C42H49N5O10. The van der Waals surface area contributed by atoms with Gasteiger partial charge in [-0.3, -0.25) is 30.0 Å². The van der Waals surface area contributed by atoms with Crippen LogP contribution in [0.4, 0.5) is 9.59 Å². The van der Waals surface area contributed by atoms with Crippen LogP contribution >= 0.6 is 0 Å². The van der Waals surface area contributed by atoms with Gasteiger partial charge in [-0.2, -0.15) is 0 Å². The number of hydrogen-bond acceptors (Lipinski definition) is 11. The summed E-state index contributed by atoms with van der Waals surface area (Å²) in [7, 11) is 0. The zero-order valence-corrected chi connectivity index (χ0v) is 32.3. The molecule has 0 aromatic heterocycles. The molecule has 0 bridgehead atoms. The molecule has 2 aliphatic heterocycles. The van der Waals surface area contributed by atoms with E-state index in [4.69, 9.17) is 18.9 Å². The Morgan fingerprint density at radius 1 is 0.737 bits per heavy atom. The number of ether oxygens (including phenoxy) is 4. The average Bonchev–Trinajstić information content (AvgIpc) is 3.56. The molecule has 4 atom stereocenters. The van der Waals surface area contributed by atoms with E-state index in [0.717, 1.165) is 16.7 Å². The molecule has 2 aliphatic rings. The normalized spacial score (nSPS) is 18.6. The summed E-state index contributed by atoms with van der Waals surface area (Å²) in [5.41, 5.74) is 1.47. The largest absolute Gasteiger partial charge is 0.460 e. The fourth-order valence-electron chi connectivity index (χ4n) is 6.70. The van der Waals surface area contributed by atoms with Crippen molar-refractivity contribution >= 4 is 41.9 Å². The number of rotatable bonds is 13. The van der Waals surface area contributed by atoms with Gasteiger partial charge < -0.3 is 29.2 Å². The summed E-state index contributed by atoms with van der Waals surface area (Å²) >= 11 is 0. The highest BCUT2D eigenvalue weighted by molar-refractivity contribution is 6.01. The van der Waals surface area contributed by atoms with Crippen molar-refractivity contribution in [3.63, 3.8) is 0 Å². The fraction of sp³-hybridized carbons (Fsp3) is 0.405. The van der Waals surface area contributed by atoms with Gasteiger partial charge in [0.15, 0.2) is 0 Å². The van der Waals surface area contributed by atoms with Gasteiger partial charge in [0.2, 0.25) is 17.8 Å². The van der Waals surface area contributed by atoms with Gasteiger partial charge in [-0.05, 0) is 69.1 Å². The number of nitrogens with zero attached hydrogens (tertiary/aromatic N) is 2. The summed E-state index contributed by atoms with van der Waals surface area (Å²) in [4.78, 5) is 84.2. The molecule has 15 nitrogen and oxygen atoms in total. The van der Waals surface area contributed by atoms with Crippen LogP contribution in [0.2, 0.25) is 0 Å². The van der Waals surface area contributed by atoms with Crippen LogP contribution in [0.1, 0.15) is 69.6 Å². The van der Waals surface area contributed by atoms with Gasteiger partial charge in [0.05, 0.1) is 0 Å². The van der Waals surface area contributed by atoms with E-state index >= 15 is 0 Å². The van der Waals surface area contributed by atoms with Crippen LogP contribution in [-0.2, 0) is 57.9 Å². The van der Waals surface area contributed by atoms with Crippen molar-refractivity contribution in [2.75, 3.05) is 6.54 Å².